The van der Waals surface area contributed by atoms with E-state index >= 15 is 0 Å². The molecule has 0 aromatic heterocycles. The maximum atomic E-state index is 13.0. The summed E-state index contributed by atoms with van der Waals surface area (Å²) in [5.74, 6) is 1.10. The van der Waals surface area contributed by atoms with Gasteiger partial charge in [-0.15, -0.1) is 0 Å². The van der Waals surface area contributed by atoms with Gasteiger partial charge in [0.15, 0.2) is 11.5 Å². The summed E-state index contributed by atoms with van der Waals surface area (Å²) >= 11 is 0. The number of anilines is 1. The number of nitrogens with one attached hydrogen (secondary N) is 1. The van der Waals surface area contributed by atoms with E-state index in [2.05, 4.69) is 5.32 Å². The Morgan fingerprint density at radius 1 is 0.970 bits per heavy atom. The zero-order valence-electron chi connectivity index (χ0n) is 18.4. The maximum absolute atomic E-state index is 13.0. The minimum atomic E-state index is -0.544. The van der Waals surface area contributed by atoms with Crippen molar-refractivity contribution >= 4 is 23.4 Å². The molecule has 2 saturated heterocycles. The molecule has 1 atom stereocenters. The molecule has 0 radical (unpaired) electrons. The van der Waals surface area contributed by atoms with Crippen LogP contribution in [0.2, 0.25) is 0 Å². The lowest BCUT2D eigenvalue weighted by atomic mass is 10.1. The molecule has 0 saturated carbocycles. The molecule has 5 rings (SSSR count). The topological polar surface area (TPSA) is 88.2 Å². The van der Waals surface area contributed by atoms with Crippen molar-refractivity contribution in [2.45, 2.75) is 44.7 Å². The first-order valence-corrected chi connectivity index (χ1v) is 11.5. The molecule has 8 nitrogen and oxygen atoms in total. The van der Waals surface area contributed by atoms with Gasteiger partial charge in [0.05, 0.1) is 0 Å². The highest BCUT2D eigenvalue weighted by atomic mass is 16.7. The number of hydrogen-bond donors (Lipinski definition) is 1. The van der Waals surface area contributed by atoms with Crippen LogP contribution in [-0.2, 0) is 16.1 Å². The van der Waals surface area contributed by atoms with Crippen molar-refractivity contribution in [3.8, 4) is 11.5 Å². The summed E-state index contributed by atoms with van der Waals surface area (Å²) in [7, 11) is 0. The van der Waals surface area contributed by atoms with Crippen LogP contribution in [-0.4, -0.2) is 53.4 Å². The molecule has 1 N–H and O–H groups in total. The first kappa shape index (κ1) is 21.3. The lowest BCUT2D eigenvalue weighted by Gasteiger charge is -2.27. The van der Waals surface area contributed by atoms with Crippen LogP contribution in [0.5, 0.6) is 11.5 Å². The molecule has 172 valence electrons. The Balaban J connectivity index is 1.23. The van der Waals surface area contributed by atoms with Crippen LogP contribution in [0.3, 0.4) is 0 Å². The number of hydrogen-bond acceptors (Lipinski definition) is 5. The quantitative estimate of drug-likeness (QED) is 0.758. The smallest absolute Gasteiger partial charge is 0.253 e. The number of benzene rings is 2. The molecule has 3 aliphatic heterocycles. The summed E-state index contributed by atoms with van der Waals surface area (Å²) < 4.78 is 10.8. The predicted octanol–water partition coefficient (Wildman–Crippen LogP) is 3.17. The van der Waals surface area contributed by atoms with Crippen molar-refractivity contribution in [3.63, 3.8) is 0 Å². The Hall–Kier alpha value is -3.55. The predicted molar refractivity (Wildman–Crippen MR) is 121 cm³/mol. The molecule has 2 aromatic rings. The highest BCUT2D eigenvalue weighted by Crippen LogP contribution is 2.33. The number of likely N-dealkylation sites (tertiary alicyclic amines) is 2. The van der Waals surface area contributed by atoms with Gasteiger partial charge in [0, 0.05) is 37.3 Å². The number of amides is 3. The van der Waals surface area contributed by atoms with Crippen LogP contribution in [0.1, 0.15) is 48.0 Å². The molecule has 0 spiro atoms. The first-order chi connectivity index (χ1) is 16.1. The van der Waals surface area contributed by atoms with Crippen LogP contribution in [0.15, 0.2) is 42.5 Å². The minimum absolute atomic E-state index is 0.0314. The second-order valence-electron chi connectivity index (χ2n) is 8.68. The zero-order valence-corrected chi connectivity index (χ0v) is 18.4. The highest BCUT2D eigenvalue weighted by Gasteiger charge is 2.36. The van der Waals surface area contributed by atoms with Gasteiger partial charge in [0.25, 0.3) is 5.91 Å². The van der Waals surface area contributed by atoms with E-state index in [0.29, 0.717) is 42.1 Å². The van der Waals surface area contributed by atoms with Crippen LogP contribution < -0.4 is 14.8 Å². The Labute approximate surface area is 192 Å². The number of fused-ring (bicyclic) bond motifs is 1. The van der Waals surface area contributed by atoms with Crippen LogP contribution in [0, 0.1) is 0 Å². The first-order valence-electron chi connectivity index (χ1n) is 11.5. The van der Waals surface area contributed by atoms with Crippen LogP contribution >= 0.6 is 0 Å². The zero-order chi connectivity index (χ0) is 22.8. The molecule has 2 aromatic carbocycles. The number of carbonyl (C=O) groups excluding carboxylic acids is 3. The second-order valence-corrected chi connectivity index (χ2v) is 8.68. The largest absolute Gasteiger partial charge is 0.454 e. The Morgan fingerprint density at radius 3 is 2.52 bits per heavy atom. The third-order valence-electron chi connectivity index (χ3n) is 6.46. The van der Waals surface area contributed by atoms with Gasteiger partial charge in [-0.2, -0.15) is 0 Å². The van der Waals surface area contributed by atoms with Crippen molar-refractivity contribution in [1.29, 1.82) is 0 Å². The average Bonchev–Trinajstić information content (AvgIpc) is 3.46. The van der Waals surface area contributed by atoms with Crippen molar-refractivity contribution < 1.29 is 23.9 Å². The fraction of sp³-hybridized carbons (Fsp3) is 0.400. The monoisotopic (exact) mass is 449 g/mol. The lowest BCUT2D eigenvalue weighted by Crippen LogP contribution is -2.41. The summed E-state index contributed by atoms with van der Waals surface area (Å²) in [6.45, 7) is 2.12. The molecule has 1 unspecified atom stereocenters. The van der Waals surface area contributed by atoms with E-state index in [1.807, 2.05) is 23.1 Å². The molecule has 3 amide bonds. The Kier molecular flexibility index (Phi) is 5.90. The van der Waals surface area contributed by atoms with Gasteiger partial charge in [-0.25, -0.2) is 0 Å². The SMILES string of the molecule is O=C(Nc1ccc(C(=O)N2CCCCC2)cc1)C1CCC(=O)N1Cc1ccc2c(c1)OCO2. The van der Waals surface area contributed by atoms with E-state index < -0.39 is 6.04 Å². The number of rotatable bonds is 5. The van der Waals surface area contributed by atoms with E-state index in [9.17, 15) is 14.4 Å². The minimum Gasteiger partial charge on any atom is -0.454 e. The normalized spacial score (nSPS) is 19.6. The second kappa shape index (κ2) is 9.13. The van der Waals surface area contributed by atoms with E-state index in [1.165, 1.54) is 6.42 Å². The number of nitrogens with zero attached hydrogens (tertiary/aromatic N) is 2. The summed E-state index contributed by atoms with van der Waals surface area (Å²) in [6, 6.07) is 12.0. The Morgan fingerprint density at radius 2 is 1.73 bits per heavy atom. The summed E-state index contributed by atoms with van der Waals surface area (Å²) in [5, 5.41) is 2.91. The summed E-state index contributed by atoms with van der Waals surface area (Å²) in [4.78, 5) is 41.6. The van der Waals surface area contributed by atoms with Gasteiger partial charge in [0.2, 0.25) is 18.6 Å². The number of ether oxygens (including phenoxy) is 2. The molecule has 33 heavy (non-hydrogen) atoms. The lowest BCUT2D eigenvalue weighted by molar-refractivity contribution is -0.133. The van der Waals surface area contributed by atoms with Crippen LogP contribution in [0.4, 0.5) is 5.69 Å². The van der Waals surface area contributed by atoms with E-state index in [1.54, 1.807) is 29.2 Å². The van der Waals surface area contributed by atoms with E-state index in [4.69, 9.17) is 9.47 Å². The van der Waals surface area contributed by atoms with Crippen molar-refractivity contribution in [2.75, 3.05) is 25.2 Å². The molecule has 2 fully saturated rings. The van der Waals surface area contributed by atoms with E-state index in [0.717, 1.165) is 31.5 Å². The molecular weight excluding hydrogens is 422 g/mol. The number of carbonyl (C=O) groups is 3. The van der Waals surface area contributed by atoms with Gasteiger partial charge in [0.1, 0.15) is 6.04 Å². The van der Waals surface area contributed by atoms with Crippen molar-refractivity contribution in [3.05, 3.63) is 53.6 Å². The van der Waals surface area contributed by atoms with Crippen molar-refractivity contribution in [2.24, 2.45) is 0 Å². The molecule has 3 aliphatic rings. The van der Waals surface area contributed by atoms with E-state index in [-0.39, 0.29) is 24.5 Å². The highest BCUT2D eigenvalue weighted by molar-refractivity contribution is 6.00. The van der Waals surface area contributed by atoms with Gasteiger partial charge in [-0.3, -0.25) is 14.4 Å². The van der Waals surface area contributed by atoms with Gasteiger partial charge < -0.3 is 24.6 Å². The maximum Gasteiger partial charge on any atom is 0.253 e. The molecular formula is C25H27N3O5. The summed E-state index contributed by atoms with van der Waals surface area (Å²) in [6.07, 6.45) is 4.07. The third kappa shape index (κ3) is 4.51. The molecule has 0 aliphatic carbocycles. The van der Waals surface area contributed by atoms with Crippen LogP contribution in [0.25, 0.3) is 0 Å². The average molecular weight is 450 g/mol. The van der Waals surface area contributed by atoms with Gasteiger partial charge in [-0.1, -0.05) is 6.07 Å². The fourth-order valence-corrected chi connectivity index (χ4v) is 4.64. The van der Waals surface area contributed by atoms with Crippen molar-refractivity contribution in [1.82, 2.24) is 9.80 Å². The van der Waals surface area contributed by atoms with Gasteiger partial charge in [-0.05, 0) is 67.6 Å². The molecule has 0 bridgehead atoms. The van der Waals surface area contributed by atoms with Gasteiger partial charge >= 0.3 is 0 Å². The molecule has 8 heteroatoms. The number of piperidine rings is 1. The fourth-order valence-electron chi connectivity index (χ4n) is 4.64. The third-order valence-corrected chi connectivity index (χ3v) is 6.46. The summed E-state index contributed by atoms with van der Waals surface area (Å²) in [5.41, 5.74) is 2.11. The molecule has 3 heterocycles. The Bertz CT molecular complexity index is 1060. The standard InChI is InChI=1S/C25H27N3O5/c29-23-11-9-20(28(23)15-17-4-10-21-22(14-17)33-16-32-21)24(30)26-19-7-5-18(6-8-19)25(31)27-12-2-1-3-13-27/h4-8,10,14,20H,1-3,9,11-13,15-16H2,(H,26,30).